The van der Waals surface area contributed by atoms with Crippen molar-refractivity contribution in [2.24, 2.45) is 0 Å². The summed E-state index contributed by atoms with van der Waals surface area (Å²) in [6, 6.07) is 78.3. The van der Waals surface area contributed by atoms with E-state index >= 15 is 0 Å². The minimum Gasteiger partial charge on any atom is -0.310 e. The predicted molar refractivity (Wildman–Crippen MR) is 235 cm³/mol. The van der Waals surface area contributed by atoms with Crippen LogP contribution >= 0.6 is 0 Å². The summed E-state index contributed by atoms with van der Waals surface area (Å²) >= 11 is 0. The average molecular weight is 715 g/mol. The number of hydrogen-bond donors (Lipinski definition) is 0. The van der Waals surface area contributed by atoms with Crippen LogP contribution in [0, 0.1) is 6.92 Å². The molecule has 1 aromatic heterocycles. The van der Waals surface area contributed by atoms with Gasteiger partial charge in [0.1, 0.15) is 0 Å². The van der Waals surface area contributed by atoms with E-state index in [0.29, 0.717) is 0 Å². The molecule has 1 aliphatic carbocycles. The Morgan fingerprint density at radius 1 is 0.393 bits per heavy atom. The van der Waals surface area contributed by atoms with Crippen LogP contribution < -0.4 is 4.90 Å². The van der Waals surface area contributed by atoms with Gasteiger partial charge in [0.05, 0.1) is 22.1 Å². The summed E-state index contributed by atoms with van der Waals surface area (Å²) in [5.74, 6) is 0. The topological polar surface area (TPSA) is 8.17 Å². The van der Waals surface area contributed by atoms with Gasteiger partial charge in [0.2, 0.25) is 0 Å². The van der Waals surface area contributed by atoms with Crippen molar-refractivity contribution in [1.29, 1.82) is 0 Å². The van der Waals surface area contributed by atoms with Gasteiger partial charge in [0.15, 0.2) is 0 Å². The molecule has 264 valence electrons. The second kappa shape index (κ2) is 12.7. The van der Waals surface area contributed by atoms with E-state index in [1.807, 2.05) is 0 Å². The van der Waals surface area contributed by atoms with Crippen molar-refractivity contribution in [3.8, 4) is 16.8 Å². The number of hydrogen-bond acceptors (Lipinski definition) is 1. The Bertz CT molecular complexity index is 2980. The number of benzene rings is 9. The summed E-state index contributed by atoms with van der Waals surface area (Å²) in [5, 5.41) is 5.00. The van der Waals surface area contributed by atoms with Crippen LogP contribution in [0.2, 0.25) is 0 Å². The summed E-state index contributed by atoms with van der Waals surface area (Å²) in [5.41, 5.74) is 15.2. The Hall–Kier alpha value is -7.16. The Kier molecular flexibility index (Phi) is 7.33. The van der Waals surface area contributed by atoms with Crippen molar-refractivity contribution in [2.45, 2.75) is 12.3 Å². The second-order valence-corrected chi connectivity index (χ2v) is 15.0. The fraction of sp³-hybridized carbons (Fsp3) is 0.0370. The van der Waals surface area contributed by atoms with Crippen molar-refractivity contribution in [3.63, 3.8) is 0 Å². The van der Waals surface area contributed by atoms with Crippen LogP contribution in [0.4, 0.5) is 17.1 Å². The highest BCUT2D eigenvalue weighted by atomic mass is 15.1. The van der Waals surface area contributed by atoms with Crippen molar-refractivity contribution in [3.05, 3.63) is 240 Å². The molecule has 11 rings (SSSR count). The highest BCUT2D eigenvalue weighted by molar-refractivity contribution is 6.13. The number of rotatable bonds is 6. The molecule has 1 heterocycles. The Morgan fingerprint density at radius 2 is 0.875 bits per heavy atom. The molecular weight excluding hydrogens is 677 g/mol. The smallest absolute Gasteiger partial charge is 0.0715 e. The maximum Gasteiger partial charge on any atom is 0.0715 e. The van der Waals surface area contributed by atoms with Gasteiger partial charge in [-0.15, -0.1) is 0 Å². The predicted octanol–water partition coefficient (Wildman–Crippen LogP) is 14.1. The van der Waals surface area contributed by atoms with Gasteiger partial charge in [-0.05, 0) is 100 Å². The normalized spacial score (nSPS) is 12.9. The van der Waals surface area contributed by atoms with E-state index in [-0.39, 0.29) is 0 Å². The number of aryl methyl sites for hydroxylation is 1. The van der Waals surface area contributed by atoms with Gasteiger partial charge in [0.25, 0.3) is 0 Å². The summed E-state index contributed by atoms with van der Waals surface area (Å²) < 4.78 is 2.50. The molecule has 0 aliphatic heterocycles. The van der Waals surface area contributed by atoms with Crippen molar-refractivity contribution >= 4 is 49.6 Å². The minimum absolute atomic E-state index is 0.615. The van der Waals surface area contributed by atoms with Crippen molar-refractivity contribution in [1.82, 2.24) is 4.57 Å². The first-order valence-corrected chi connectivity index (χ1v) is 19.4. The highest BCUT2D eigenvalue weighted by Gasteiger charge is 2.47. The molecule has 10 aromatic rings. The maximum absolute atomic E-state index is 2.52. The van der Waals surface area contributed by atoms with Gasteiger partial charge in [-0.3, -0.25) is 0 Å². The monoisotopic (exact) mass is 714 g/mol. The maximum atomic E-state index is 2.52. The fourth-order valence-electron chi connectivity index (χ4n) is 9.54. The summed E-state index contributed by atoms with van der Waals surface area (Å²) in [6.07, 6.45) is 0. The molecule has 2 nitrogen and oxygen atoms in total. The second-order valence-electron chi connectivity index (χ2n) is 15.0. The average Bonchev–Trinajstić information content (AvgIpc) is 3.76. The van der Waals surface area contributed by atoms with Gasteiger partial charge in [0, 0.05) is 33.2 Å². The largest absolute Gasteiger partial charge is 0.310 e. The first kappa shape index (κ1) is 32.3. The number of aromatic nitrogens is 1. The number of fused-ring (bicyclic) bond motifs is 8. The number of anilines is 3. The summed E-state index contributed by atoms with van der Waals surface area (Å²) in [6.45, 7) is 2.15. The van der Waals surface area contributed by atoms with E-state index in [0.717, 1.165) is 17.1 Å². The van der Waals surface area contributed by atoms with Crippen LogP contribution in [0.15, 0.2) is 212 Å². The molecule has 56 heavy (non-hydrogen) atoms. The fourth-order valence-corrected chi connectivity index (χ4v) is 9.54. The molecule has 0 spiro atoms. The molecule has 0 fully saturated rings. The van der Waals surface area contributed by atoms with Crippen LogP contribution in [-0.4, -0.2) is 4.57 Å². The molecule has 1 aliphatic rings. The molecule has 0 saturated carbocycles. The molecular formula is C54H38N2. The summed E-state index contributed by atoms with van der Waals surface area (Å²) in [4.78, 5) is 2.39. The third-order valence-corrected chi connectivity index (χ3v) is 11.9. The molecule has 0 amide bonds. The van der Waals surface area contributed by atoms with E-state index < -0.39 is 5.41 Å². The first-order valence-electron chi connectivity index (χ1n) is 19.4. The lowest BCUT2D eigenvalue weighted by Crippen LogP contribution is -2.29. The zero-order chi connectivity index (χ0) is 37.2. The van der Waals surface area contributed by atoms with Crippen molar-refractivity contribution < 1.29 is 0 Å². The van der Waals surface area contributed by atoms with Crippen LogP contribution in [0.3, 0.4) is 0 Å². The van der Waals surface area contributed by atoms with E-state index in [9.17, 15) is 0 Å². The lowest BCUT2D eigenvalue weighted by molar-refractivity contribution is 0.768. The van der Waals surface area contributed by atoms with Gasteiger partial charge in [-0.2, -0.15) is 0 Å². The van der Waals surface area contributed by atoms with Crippen LogP contribution in [0.25, 0.3) is 49.4 Å². The Balaban J connectivity index is 1.29. The molecule has 2 heteroatoms. The van der Waals surface area contributed by atoms with Crippen LogP contribution in [0.1, 0.15) is 27.8 Å². The van der Waals surface area contributed by atoms with E-state index in [4.69, 9.17) is 0 Å². The van der Waals surface area contributed by atoms with E-state index in [1.54, 1.807) is 0 Å². The number of nitrogens with zero attached hydrogens (tertiary/aromatic N) is 2. The molecule has 0 radical (unpaired) electrons. The molecule has 9 aromatic carbocycles. The van der Waals surface area contributed by atoms with E-state index in [1.165, 1.54) is 77.2 Å². The van der Waals surface area contributed by atoms with Gasteiger partial charge >= 0.3 is 0 Å². The van der Waals surface area contributed by atoms with Crippen LogP contribution in [-0.2, 0) is 5.41 Å². The summed E-state index contributed by atoms with van der Waals surface area (Å²) in [7, 11) is 0. The van der Waals surface area contributed by atoms with Gasteiger partial charge in [-0.25, -0.2) is 0 Å². The SMILES string of the molecule is Cc1ccc(N(c2ccccc2)c2ccc3c(c2)C(c2ccccc2)(c2ccccc2)c2cc(-n4c5ccccc5c5ccccc54)c4ccccc4c2-3)cc1. The van der Waals surface area contributed by atoms with E-state index in [2.05, 4.69) is 229 Å². The third kappa shape index (κ3) is 4.69. The first-order chi connectivity index (χ1) is 27.7. The lowest BCUT2D eigenvalue weighted by Gasteiger charge is -2.35. The van der Waals surface area contributed by atoms with Crippen molar-refractivity contribution in [2.75, 3.05) is 4.90 Å². The number of para-hydroxylation sites is 3. The molecule has 0 saturated heterocycles. The quantitative estimate of drug-likeness (QED) is 0.166. The standard InChI is InChI=1S/C54H38N2/c1-37-29-31-41(32-30-37)55(40-21-9-4-10-22-40)42-33-34-47-48(35-42)54(38-17-5-2-6-18-38,39-19-7-3-8-20-39)49-36-52(45-25-11-12-26-46(45)53(47)49)56-50-27-15-13-23-43(50)44-24-14-16-28-51(44)56/h2-36H,1H3. The van der Waals surface area contributed by atoms with Gasteiger partial charge in [-0.1, -0.05) is 163 Å². The molecule has 0 bridgehead atoms. The molecule has 0 unspecified atom stereocenters. The van der Waals surface area contributed by atoms with Gasteiger partial charge < -0.3 is 9.47 Å². The van der Waals surface area contributed by atoms with Crippen LogP contribution in [0.5, 0.6) is 0 Å². The molecule has 0 atom stereocenters. The minimum atomic E-state index is -0.615. The zero-order valence-electron chi connectivity index (χ0n) is 31.1. The Labute approximate surface area is 327 Å². The third-order valence-electron chi connectivity index (χ3n) is 11.9. The Morgan fingerprint density at radius 3 is 1.48 bits per heavy atom. The highest BCUT2D eigenvalue weighted by Crippen LogP contribution is 2.60. The molecule has 0 N–H and O–H groups in total. The zero-order valence-corrected chi connectivity index (χ0v) is 31.1. The lowest BCUT2D eigenvalue weighted by atomic mass is 9.67.